The van der Waals surface area contributed by atoms with Gasteiger partial charge in [0.05, 0.1) is 7.11 Å². The molecular formula is C11H17N3O3. The van der Waals surface area contributed by atoms with Gasteiger partial charge in [-0.15, -0.1) is 0 Å². The molecule has 0 radical (unpaired) electrons. The topological polar surface area (TPSA) is 75.5 Å². The summed E-state index contributed by atoms with van der Waals surface area (Å²) >= 11 is 0. The SMILES string of the molecule is COc1cc(N(C)C(C)(C)C(=O)O)nc(C)n1. The summed E-state index contributed by atoms with van der Waals surface area (Å²) < 4.78 is 5.03. The Morgan fingerprint density at radius 2 is 2.06 bits per heavy atom. The number of aryl methyl sites for hydroxylation is 1. The number of carboxylic acid groups (broad SMARTS) is 1. The molecule has 0 atom stereocenters. The highest BCUT2D eigenvalue weighted by Gasteiger charge is 2.33. The molecule has 6 nitrogen and oxygen atoms in total. The number of rotatable bonds is 4. The maximum atomic E-state index is 11.2. The Balaban J connectivity index is 3.16. The van der Waals surface area contributed by atoms with E-state index in [0.29, 0.717) is 17.5 Å². The average Bonchev–Trinajstić information content (AvgIpc) is 2.26. The van der Waals surface area contributed by atoms with Crippen molar-refractivity contribution in [2.75, 3.05) is 19.1 Å². The van der Waals surface area contributed by atoms with Gasteiger partial charge in [-0.3, -0.25) is 0 Å². The maximum Gasteiger partial charge on any atom is 0.328 e. The van der Waals surface area contributed by atoms with Crippen molar-refractivity contribution in [2.24, 2.45) is 0 Å². The Kier molecular flexibility index (Phi) is 3.55. The van der Waals surface area contributed by atoms with Crippen molar-refractivity contribution in [3.05, 3.63) is 11.9 Å². The summed E-state index contributed by atoms with van der Waals surface area (Å²) in [5, 5.41) is 9.15. The van der Waals surface area contributed by atoms with Crippen LogP contribution in [-0.2, 0) is 4.79 Å². The van der Waals surface area contributed by atoms with Crippen LogP contribution in [0, 0.1) is 6.92 Å². The summed E-state index contributed by atoms with van der Waals surface area (Å²) in [5.41, 5.74) is -1.05. The molecule has 0 aliphatic heterocycles. The second-order valence-corrected chi connectivity index (χ2v) is 4.24. The van der Waals surface area contributed by atoms with Gasteiger partial charge in [-0.25, -0.2) is 9.78 Å². The van der Waals surface area contributed by atoms with Crippen LogP contribution in [-0.4, -0.2) is 40.7 Å². The van der Waals surface area contributed by atoms with Crippen molar-refractivity contribution in [3.63, 3.8) is 0 Å². The molecule has 1 heterocycles. The van der Waals surface area contributed by atoms with Crippen molar-refractivity contribution < 1.29 is 14.6 Å². The fourth-order valence-electron chi connectivity index (χ4n) is 1.23. The van der Waals surface area contributed by atoms with Gasteiger partial charge in [-0.2, -0.15) is 4.98 Å². The van der Waals surface area contributed by atoms with E-state index >= 15 is 0 Å². The fourth-order valence-corrected chi connectivity index (χ4v) is 1.23. The lowest BCUT2D eigenvalue weighted by Crippen LogP contribution is -2.48. The largest absolute Gasteiger partial charge is 0.481 e. The third kappa shape index (κ3) is 2.64. The van der Waals surface area contributed by atoms with Crippen LogP contribution in [0.3, 0.4) is 0 Å². The lowest BCUT2D eigenvalue weighted by Gasteiger charge is -2.32. The van der Waals surface area contributed by atoms with E-state index in [1.54, 1.807) is 38.8 Å². The summed E-state index contributed by atoms with van der Waals surface area (Å²) in [4.78, 5) is 21.0. The number of aromatic nitrogens is 2. The summed E-state index contributed by atoms with van der Waals surface area (Å²) in [6.45, 7) is 4.95. The number of likely N-dealkylation sites (N-methyl/N-ethyl adjacent to an activating group) is 1. The molecule has 1 aromatic rings. The van der Waals surface area contributed by atoms with E-state index in [9.17, 15) is 4.79 Å². The standard InChI is InChI=1S/C11H17N3O3/c1-7-12-8(6-9(13-7)17-5)14(4)11(2,3)10(15)16/h6H,1-5H3,(H,15,16). The predicted molar refractivity (Wildman–Crippen MR) is 63.4 cm³/mol. The van der Waals surface area contributed by atoms with Crippen LogP contribution < -0.4 is 9.64 Å². The first kappa shape index (κ1) is 13.2. The van der Waals surface area contributed by atoms with Gasteiger partial charge < -0.3 is 14.7 Å². The number of anilines is 1. The Morgan fingerprint density at radius 3 is 2.53 bits per heavy atom. The van der Waals surface area contributed by atoms with E-state index in [-0.39, 0.29) is 0 Å². The molecule has 1 aromatic heterocycles. The molecule has 1 rings (SSSR count). The zero-order chi connectivity index (χ0) is 13.2. The van der Waals surface area contributed by atoms with E-state index < -0.39 is 11.5 Å². The maximum absolute atomic E-state index is 11.2. The number of hydrogen-bond acceptors (Lipinski definition) is 5. The number of ether oxygens (including phenoxy) is 1. The molecular weight excluding hydrogens is 222 g/mol. The normalized spacial score (nSPS) is 11.1. The van der Waals surface area contributed by atoms with Gasteiger partial charge in [-0.1, -0.05) is 0 Å². The monoisotopic (exact) mass is 239 g/mol. The number of carboxylic acids is 1. The summed E-state index contributed by atoms with van der Waals surface area (Å²) in [7, 11) is 3.18. The number of carbonyl (C=O) groups is 1. The van der Waals surface area contributed by atoms with Gasteiger partial charge in [0, 0.05) is 13.1 Å². The van der Waals surface area contributed by atoms with Crippen LogP contribution in [0.25, 0.3) is 0 Å². The molecule has 0 spiro atoms. The van der Waals surface area contributed by atoms with Crippen LogP contribution in [0.15, 0.2) is 6.07 Å². The molecule has 0 unspecified atom stereocenters. The molecule has 0 aliphatic rings. The second-order valence-electron chi connectivity index (χ2n) is 4.24. The minimum atomic E-state index is -1.05. The molecule has 0 bridgehead atoms. The molecule has 0 fully saturated rings. The van der Waals surface area contributed by atoms with Gasteiger partial charge in [-0.05, 0) is 20.8 Å². The Morgan fingerprint density at radius 1 is 1.47 bits per heavy atom. The fraction of sp³-hybridized carbons (Fsp3) is 0.545. The Hall–Kier alpha value is -1.85. The van der Waals surface area contributed by atoms with Crippen molar-refractivity contribution in [3.8, 4) is 5.88 Å². The van der Waals surface area contributed by atoms with Gasteiger partial charge in [0.2, 0.25) is 5.88 Å². The van der Waals surface area contributed by atoms with E-state index in [4.69, 9.17) is 9.84 Å². The number of hydrogen-bond donors (Lipinski definition) is 1. The molecule has 0 amide bonds. The van der Waals surface area contributed by atoms with E-state index in [0.717, 1.165) is 0 Å². The predicted octanol–water partition coefficient (Wildman–Crippen LogP) is 1.09. The molecule has 0 aliphatic carbocycles. The third-order valence-corrected chi connectivity index (χ3v) is 2.72. The highest BCUT2D eigenvalue weighted by molar-refractivity contribution is 5.82. The quantitative estimate of drug-likeness (QED) is 0.847. The van der Waals surface area contributed by atoms with Crippen LogP contribution in [0.4, 0.5) is 5.82 Å². The molecule has 17 heavy (non-hydrogen) atoms. The lowest BCUT2D eigenvalue weighted by molar-refractivity contribution is -0.142. The molecule has 0 saturated heterocycles. The van der Waals surface area contributed by atoms with Crippen molar-refractivity contribution in [1.29, 1.82) is 0 Å². The van der Waals surface area contributed by atoms with E-state index in [2.05, 4.69) is 9.97 Å². The van der Waals surface area contributed by atoms with Crippen LogP contribution in [0.2, 0.25) is 0 Å². The summed E-state index contributed by atoms with van der Waals surface area (Å²) in [5.74, 6) is 0.546. The molecule has 94 valence electrons. The van der Waals surface area contributed by atoms with Crippen molar-refractivity contribution in [2.45, 2.75) is 26.3 Å². The minimum Gasteiger partial charge on any atom is -0.481 e. The first-order valence-electron chi connectivity index (χ1n) is 5.16. The molecule has 6 heteroatoms. The van der Waals surface area contributed by atoms with Gasteiger partial charge in [0.25, 0.3) is 0 Å². The zero-order valence-electron chi connectivity index (χ0n) is 10.7. The molecule has 0 saturated carbocycles. The Labute approximate surface area is 100 Å². The first-order valence-corrected chi connectivity index (χ1v) is 5.16. The number of aliphatic carboxylic acids is 1. The molecule has 1 N–H and O–H groups in total. The second kappa shape index (κ2) is 4.57. The highest BCUT2D eigenvalue weighted by atomic mass is 16.5. The van der Waals surface area contributed by atoms with Gasteiger partial charge >= 0.3 is 5.97 Å². The highest BCUT2D eigenvalue weighted by Crippen LogP contribution is 2.23. The van der Waals surface area contributed by atoms with Crippen LogP contribution in [0.5, 0.6) is 5.88 Å². The lowest BCUT2D eigenvalue weighted by atomic mass is 10.0. The smallest absolute Gasteiger partial charge is 0.328 e. The zero-order valence-corrected chi connectivity index (χ0v) is 10.7. The van der Waals surface area contributed by atoms with E-state index in [1.165, 1.54) is 7.11 Å². The van der Waals surface area contributed by atoms with Gasteiger partial charge in [0.15, 0.2) is 0 Å². The number of nitrogens with zero attached hydrogens (tertiary/aromatic N) is 3. The average molecular weight is 239 g/mol. The van der Waals surface area contributed by atoms with E-state index in [1.807, 2.05) is 0 Å². The summed E-state index contributed by atoms with van der Waals surface area (Å²) in [6.07, 6.45) is 0. The molecule has 0 aromatic carbocycles. The summed E-state index contributed by atoms with van der Waals surface area (Å²) in [6, 6.07) is 1.61. The van der Waals surface area contributed by atoms with Gasteiger partial charge in [0.1, 0.15) is 17.2 Å². The Bertz CT molecular complexity index is 432. The van der Waals surface area contributed by atoms with Crippen LogP contribution >= 0.6 is 0 Å². The number of methoxy groups -OCH3 is 1. The third-order valence-electron chi connectivity index (χ3n) is 2.72. The first-order chi connectivity index (χ1) is 7.78. The minimum absolute atomic E-state index is 0.417. The van der Waals surface area contributed by atoms with Crippen LogP contribution in [0.1, 0.15) is 19.7 Å². The van der Waals surface area contributed by atoms with Crippen molar-refractivity contribution in [1.82, 2.24) is 9.97 Å². The van der Waals surface area contributed by atoms with Crippen molar-refractivity contribution >= 4 is 11.8 Å².